The number of hydrogen-bond acceptors (Lipinski definition) is 6. The zero-order valence-corrected chi connectivity index (χ0v) is 9.73. The molecule has 94 valence electrons. The van der Waals surface area contributed by atoms with Crippen LogP contribution in [-0.4, -0.2) is 17.1 Å². The number of H-pyrrole nitrogens is 1. The quantitative estimate of drug-likeness (QED) is 0.592. The molecule has 1 heterocycles. The summed E-state index contributed by atoms with van der Waals surface area (Å²) in [6, 6.07) is 4.63. The number of aromatic nitrogens is 2. The normalized spacial score (nSPS) is 10.1. The largest absolute Gasteiger partial charge is 0.494 e. The minimum atomic E-state index is -0.269. The number of benzene rings is 1. The lowest BCUT2D eigenvalue weighted by Crippen LogP contribution is -2.10. The Morgan fingerprint density at radius 3 is 2.78 bits per heavy atom. The Balaban J connectivity index is 2.45. The maximum atomic E-state index is 11.2. The van der Waals surface area contributed by atoms with Crippen LogP contribution < -0.4 is 27.1 Å². The van der Waals surface area contributed by atoms with Crippen LogP contribution in [0.1, 0.15) is 0 Å². The van der Waals surface area contributed by atoms with Gasteiger partial charge in [0.15, 0.2) is 0 Å². The SMILES string of the molecule is COc1ccc(N)c(N)c1Nc1nccc(=O)[nH]1. The first kappa shape index (κ1) is 11.8. The second kappa shape index (κ2) is 4.66. The predicted octanol–water partition coefficient (Wildman–Crippen LogP) is 0.686. The van der Waals surface area contributed by atoms with E-state index in [1.807, 2.05) is 0 Å². The highest BCUT2D eigenvalue weighted by Crippen LogP contribution is 2.36. The van der Waals surface area contributed by atoms with E-state index in [0.717, 1.165) is 0 Å². The van der Waals surface area contributed by atoms with Gasteiger partial charge in [-0.25, -0.2) is 4.98 Å². The lowest BCUT2D eigenvalue weighted by molar-refractivity contribution is 0.417. The van der Waals surface area contributed by atoms with Crippen LogP contribution in [0.25, 0.3) is 0 Å². The highest BCUT2D eigenvalue weighted by atomic mass is 16.5. The fourth-order valence-electron chi connectivity index (χ4n) is 1.47. The van der Waals surface area contributed by atoms with Crippen LogP contribution >= 0.6 is 0 Å². The molecule has 0 atom stereocenters. The van der Waals surface area contributed by atoms with Crippen molar-refractivity contribution in [1.29, 1.82) is 0 Å². The molecule has 1 aromatic heterocycles. The van der Waals surface area contributed by atoms with E-state index in [2.05, 4.69) is 15.3 Å². The topological polar surface area (TPSA) is 119 Å². The van der Waals surface area contributed by atoms with Crippen molar-refractivity contribution in [2.24, 2.45) is 0 Å². The van der Waals surface area contributed by atoms with Crippen molar-refractivity contribution in [3.63, 3.8) is 0 Å². The minimum absolute atomic E-state index is 0.262. The van der Waals surface area contributed by atoms with Crippen molar-refractivity contribution in [3.05, 3.63) is 34.7 Å². The smallest absolute Gasteiger partial charge is 0.252 e. The van der Waals surface area contributed by atoms with Gasteiger partial charge < -0.3 is 21.5 Å². The van der Waals surface area contributed by atoms with E-state index in [0.29, 0.717) is 22.8 Å². The molecule has 0 unspecified atom stereocenters. The van der Waals surface area contributed by atoms with Crippen LogP contribution in [0.4, 0.5) is 23.0 Å². The zero-order chi connectivity index (χ0) is 13.1. The number of nitrogens with zero attached hydrogens (tertiary/aromatic N) is 1. The summed E-state index contributed by atoms with van der Waals surface area (Å²) in [5.74, 6) is 0.770. The number of rotatable bonds is 3. The molecule has 2 rings (SSSR count). The fraction of sp³-hybridized carbons (Fsp3) is 0.0909. The average molecular weight is 247 g/mol. The Morgan fingerprint density at radius 1 is 1.33 bits per heavy atom. The monoisotopic (exact) mass is 247 g/mol. The summed E-state index contributed by atoms with van der Waals surface area (Å²) in [4.78, 5) is 17.7. The highest BCUT2D eigenvalue weighted by Gasteiger charge is 2.11. The van der Waals surface area contributed by atoms with Gasteiger partial charge in [-0.3, -0.25) is 9.78 Å². The van der Waals surface area contributed by atoms with Crippen LogP contribution in [0.5, 0.6) is 5.75 Å². The van der Waals surface area contributed by atoms with E-state index in [1.54, 1.807) is 12.1 Å². The van der Waals surface area contributed by atoms with Crippen LogP contribution in [-0.2, 0) is 0 Å². The van der Waals surface area contributed by atoms with Gasteiger partial charge in [-0.1, -0.05) is 0 Å². The maximum Gasteiger partial charge on any atom is 0.252 e. The van der Waals surface area contributed by atoms with E-state index < -0.39 is 0 Å². The first-order chi connectivity index (χ1) is 8.61. The van der Waals surface area contributed by atoms with Crippen LogP contribution in [0.2, 0.25) is 0 Å². The molecule has 0 aliphatic heterocycles. The van der Waals surface area contributed by atoms with Crippen LogP contribution in [0, 0.1) is 0 Å². The third-order valence-corrected chi connectivity index (χ3v) is 2.38. The van der Waals surface area contributed by atoms with Crippen molar-refractivity contribution in [3.8, 4) is 5.75 Å². The summed E-state index contributed by atoms with van der Waals surface area (Å²) in [5.41, 5.74) is 12.5. The van der Waals surface area contributed by atoms with Gasteiger partial charge in [-0.2, -0.15) is 0 Å². The molecule has 18 heavy (non-hydrogen) atoms. The molecule has 6 N–H and O–H groups in total. The molecule has 0 aliphatic rings. The molecule has 7 heteroatoms. The van der Waals surface area contributed by atoms with Gasteiger partial charge in [0.2, 0.25) is 5.95 Å². The standard InChI is InChI=1S/C11H13N5O2/c1-18-7-3-2-6(12)9(13)10(7)16-11-14-5-4-8(17)15-11/h2-5H,12-13H2,1H3,(H2,14,15,16,17). The first-order valence-corrected chi connectivity index (χ1v) is 5.16. The van der Waals surface area contributed by atoms with E-state index in [1.165, 1.54) is 19.4 Å². The second-order valence-corrected chi connectivity index (χ2v) is 3.55. The van der Waals surface area contributed by atoms with Crippen molar-refractivity contribution in [2.45, 2.75) is 0 Å². The lowest BCUT2D eigenvalue weighted by Gasteiger charge is -2.14. The summed E-state index contributed by atoms with van der Waals surface area (Å²) in [6.45, 7) is 0. The lowest BCUT2D eigenvalue weighted by atomic mass is 10.2. The van der Waals surface area contributed by atoms with Crippen LogP contribution in [0.15, 0.2) is 29.2 Å². The number of nitrogens with two attached hydrogens (primary N) is 2. The molecule has 0 aliphatic carbocycles. The number of nitrogens with one attached hydrogen (secondary N) is 2. The van der Waals surface area contributed by atoms with E-state index >= 15 is 0 Å². The van der Waals surface area contributed by atoms with Crippen molar-refractivity contribution in [1.82, 2.24) is 9.97 Å². The maximum absolute atomic E-state index is 11.2. The van der Waals surface area contributed by atoms with Gasteiger partial charge in [0.05, 0.1) is 18.5 Å². The number of methoxy groups -OCH3 is 1. The number of aromatic amines is 1. The van der Waals surface area contributed by atoms with Crippen molar-refractivity contribution >= 4 is 23.0 Å². The number of nitrogen functional groups attached to an aromatic ring is 2. The third-order valence-electron chi connectivity index (χ3n) is 2.38. The first-order valence-electron chi connectivity index (χ1n) is 5.16. The molecular weight excluding hydrogens is 234 g/mol. The number of hydrogen-bond donors (Lipinski definition) is 4. The molecule has 0 amide bonds. The van der Waals surface area contributed by atoms with Crippen LogP contribution in [0.3, 0.4) is 0 Å². The van der Waals surface area contributed by atoms with Gasteiger partial charge in [-0.05, 0) is 12.1 Å². The Labute approximate surface area is 103 Å². The van der Waals surface area contributed by atoms with Gasteiger partial charge >= 0.3 is 0 Å². The third kappa shape index (κ3) is 2.19. The Morgan fingerprint density at radius 2 is 2.11 bits per heavy atom. The molecule has 0 bridgehead atoms. The fourth-order valence-corrected chi connectivity index (χ4v) is 1.47. The average Bonchev–Trinajstić information content (AvgIpc) is 2.35. The molecule has 0 saturated heterocycles. The predicted molar refractivity (Wildman–Crippen MR) is 70.0 cm³/mol. The summed E-state index contributed by atoms with van der Waals surface area (Å²) < 4.78 is 5.17. The molecule has 2 aromatic rings. The minimum Gasteiger partial charge on any atom is -0.494 e. The molecule has 7 nitrogen and oxygen atoms in total. The van der Waals surface area contributed by atoms with Crippen molar-refractivity contribution in [2.75, 3.05) is 23.9 Å². The Kier molecular flexibility index (Phi) is 3.05. The summed E-state index contributed by atoms with van der Waals surface area (Å²) in [7, 11) is 1.51. The van der Waals surface area contributed by atoms with E-state index in [9.17, 15) is 4.79 Å². The molecule has 0 spiro atoms. The van der Waals surface area contributed by atoms with E-state index in [-0.39, 0.29) is 11.5 Å². The van der Waals surface area contributed by atoms with E-state index in [4.69, 9.17) is 16.2 Å². The van der Waals surface area contributed by atoms with Gasteiger partial charge in [0.25, 0.3) is 5.56 Å². The second-order valence-electron chi connectivity index (χ2n) is 3.55. The number of anilines is 4. The molecular formula is C11H13N5O2. The Bertz CT molecular complexity index is 623. The Hall–Kier alpha value is -2.70. The molecule has 1 aromatic carbocycles. The summed E-state index contributed by atoms with van der Waals surface area (Å²) >= 11 is 0. The number of ether oxygens (including phenoxy) is 1. The molecule has 0 saturated carbocycles. The van der Waals surface area contributed by atoms with Gasteiger partial charge in [-0.15, -0.1) is 0 Å². The molecule has 0 radical (unpaired) electrons. The highest BCUT2D eigenvalue weighted by molar-refractivity contribution is 5.85. The van der Waals surface area contributed by atoms with Gasteiger partial charge in [0, 0.05) is 12.3 Å². The molecule has 0 fully saturated rings. The zero-order valence-electron chi connectivity index (χ0n) is 9.73. The van der Waals surface area contributed by atoms with Crippen molar-refractivity contribution < 1.29 is 4.74 Å². The summed E-state index contributed by atoms with van der Waals surface area (Å²) in [5, 5.41) is 2.88. The summed E-state index contributed by atoms with van der Waals surface area (Å²) in [6.07, 6.45) is 1.39. The van der Waals surface area contributed by atoms with Gasteiger partial charge in [0.1, 0.15) is 11.4 Å².